The summed E-state index contributed by atoms with van der Waals surface area (Å²) in [5.41, 5.74) is 2.65. The van der Waals surface area contributed by atoms with Gasteiger partial charge in [-0.25, -0.2) is 0 Å². The fourth-order valence-electron chi connectivity index (χ4n) is 5.19. The van der Waals surface area contributed by atoms with Gasteiger partial charge in [-0.1, -0.05) is 78.5 Å². The Labute approximate surface area is 246 Å². The Bertz CT molecular complexity index is 1300. The number of carbonyl (C=O) groups is 2. The molecule has 6 nitrogen and oxygen atoms in total. The molecule has 0 radical (unpaired) electrons. The predicted octanol–water partition coefficient (Wildman–Crippen LogP) is 6.64. The summed E-state index contributed by atoms with van der Waals surface area (Å²) in [6.07, 6.45) is 5.20. The van der Waals surface area contributed by atoms with Gasteiger partial charge in [0.2, 0.25) is 11.8 Å². The van der Waals surface area contributed by atoms with Crippen molar-refractivity contribution in [2.75, 3.05) is 14.2 Å². The molecular weight excluding hydrogens is 547 g/mol. The van der Waals surface area contributed by atoms with Gasteiger partial charge in [0.1, 0.15) is 6.04 Å². The van der Waals surface area contributed by atoms with Crippen LogP contribution in [0.2, 0.25) is 10.0 Å². The molecule has 3 aromatic rings. The molecule has 8 heteroatoms. The van der Waals surface area contributed by atoms with Crippen LogP contribution < -0.4 is 14.8 Å². The maximum Gasteiger partial charge on any atom is 0.243 e. The Morgan fingerprint density at radius 3 is 2.33 bits per heavy atom. The third-order valence-electron chi connectivity index (χ3n) is 7.40. The van der Waals surface area contributed by atoms with Gasteiger partial charge in [-0.3, -0.25) is 9.59 Å². The van der Waals surface area contributed by atoms with Crippen molar-refractivity contribution in [1.82, 2.24) is 10.2 Å². The van der Waals surface area contributed by atoms with E-state index in [9.17, 15) is 9.59 Å². The summed E-state index contributed by atoms with van der Waals surface area (Å²) in [5, 5.41) is 4.20. The quantitative estimate of drug-likeness (QED) is 0.260. The SMILES string of the molecule is COc1ccc(CCC(=O)N(Cc2ccc(Cl)cc2Cl)C(Cc2ccccc2)C(=O)NC2CCCC2)cc1OC. The molecule has 1 saturated carbocycles. The smallest absolute Gasteiger partial charge is 0.243 e. The molecule has 0 heterocycles. The molecule has 4 rings (SSSR count). The van der Waals surface area contributed by atoms with E-state index in [-0.39, 0.29) is 30.8 Å². The number of halogens is 2. The minimum absolute atomic E-state index is 0.133. The monoisotopic (exact) mass is 582 g/mol. The molecule has 1 unspecified atom stereocenters. The standard InChI is InChI=1S/C32H36Cl2N2O4/c1-39-29-16-12-23(19-30(29)40-2)13-17-31(37)36(21-24-14-15-25(33)20-27(24)34)28(18-22-8-4-3-5-9-22)32(38)35-26-10-6-7-11-26/h3-5,8-9,12,14-16,19-20,26,28H,6-7,10-11,13,17-18,21H2,1-2H3,(H,35,38). The number of hydrogen-bond acceptors (Lipinski definition) is 4. The highest BCUT2D eigenvalue weighted by Gasteiger charge is 2.32. The second-order valence-corrected chi connectivity index (χ2v) is 11.0. The highest BCUT2D eigenvalue weighted by atomic mass is 35.5. The number of ether oxygens (including phenoxy) is 2. The Morgan fingerprint density at radius 1 is 0.925 bits per heavy atom. The van der Waals surface area contributed by atoms with E-state index in [1.807, 2.05) is 54.6 Å². The molecule has 1 aliphatic rings. The maximum atomic E-state index is 14.0. The highest BCUT2D eigenvalue weighted by Crippen LogP contribution is 2.29. The summed E-state index contributed by atoms with van der Waals surface area (Å²) < 4.78 is 10.8. The molecule has 0 aliphatic heterocycles. The van der Waals surface area contributed by atoms with Gasteiger partial charge in [-0.05, 0) is 60.2 Å². The number of aryl methyl sites for hydroxylation is 1. The number of carbonyl (C=O) groups excluding carboxylic acids is 2. The summed E-state index contributed by atoms with van der Waals surface area (Å²) >= 11 is 12.7. The van der Waals surface area contributed by atoms with E-state index in [2.05, 4.69) is 5.32 Å². The van der Waals surface area contributed by atoms with Crippen molar-refractivity contribution in [2.45, 2.75) is 63.6 Å². The lowest BCUT2D eigenvalue weighted by Gasteiger charge is -2.32. The van der Waals surface area contributed by atoms with Crippen LogP contribution in [-0.2, 0) is 29.0 Å². The Kier molecular flexibility index (Phi) is 10.7. The van der Waals surface area contributed by atoms with Gasteiger partial charge in [0.25, 0.3) is 0 Å². The van der Waals surface area contributed by atoms with Gasteiger partial charge in [0.15, 0.2) is 11.5 Å². The second-order valence-electron chi connectivity index (χ2n) is 10.1. The largest absolute Gasteiger partial charge is 0.493 e. The van der Waals surface area contributed by atoms with Gasteiger partial charge in [0.05, 0.1) is 14.2 Å². The molecule has 0 bridgehead atoms. The number of rotatable bonds is 12. The number of methoxy groups -OCH3 is 2. The van der Waals surface area contributed by atoms with Gasteiger partial charge in [-0.15, -0.1) is 0 Å². The molecule has 3 aromatic carbocycles. The lowest BCUT2D eigenvalue weighted by atomic mass is 10.0. The van der Waals surface area contributed by atoms with Crippen molar-refractivity contribution in [3.05, 3.63) is 93.5 Å². The van der Waals surface area contributed by atoms with Crippen molar-refractivity contribution in [3.8, 4) is 11.5 Å². The lowest BCUT2D eigenvalue weighted by molar-refractivity contribution is -0.141. The lowest BCUT2D eigenvalue weighted by Crippen LogP contribution is -2.52. The zero-order valence-corrected chi connectivity index (χ0v) is 24.5. The molecular formula is C32H36Cl2N2O4. The van der Waals surface area contributed by atoms with Crippen LogP contribution in [-0.4, -0.2) is 43.0 Å². The highest BCUT2D eigenvalue weighted by molar-refractivity contribution is 6.35. The van der Waals surface area contributed by atoms with Gasteiger partial charge in [-0.2, -0.15) is 0 Å². The van der Waals surface area contributed by atoms with E-state index in [1.54, 1.807) is 31.3 Å². The number of nitrogens with one attached hydrogen (secondary N) is 1. The first-order chi connectivity index (χ1) is 19.4. The predicted molar refractivity (Wildman–Crippen MR) is 159 cm³/mol. The zero-order chi connectivity index (χ0) is 28.5. The topological polar surface area (TPSA) is 67.9 Å². The number of amides is 2. The maximum absolute atomic E-state index is 14.0. The van der Waals surface area contributed by atoms with Crippen molar-refractivity contribution in [1.29, 1.82) is 0 Å². The third kappa shape index (κ3) is 7.92. The minimum atomic E-state index is -0.701. The summed E-state index contributed by atoms with van der Waals surface area (Å²) in [5.74, 6) is 0.960. The number of hydrogen-bond donors (Lipinski definition) is 1. The molecule has 212 valence electrons. The Hall–Kier alpha value is -3.22. The Morgan fingerprint density at radius 2 is 1.65 bits per heavy atom. The second kappa shape index (κ2) is 14.4. The normalized spacial score (nSPS) is 14.0. The molecule has 0 aromatic heterocycles. The fraction of sp³-hybridized carbons (Fsp3) is 0.375. The van der Waals surface area contributed by atoms with E-state index in [0.29, 0.717) is 34.4 Å². The fourth-order valence-corrected chi connectivity index (χ4v) is 5.65. The van der Waals surface area contributed by atoms with Crippen LogP contribution in [0.3, 0.4) is 0 Å². The van der Waals surface area contributed by atoms with Crippen LogP contribution in [0.15, 0.2) is 66.7 Å². The van der Waals surface area contributed by atoms with E-state index in [1.165, 1.54) is 0 Å². The van der Waals surface area contributed by atoms with Crippen LogP contribution >= 0.6 is 23.2 Å². The molecule has 0 saturated heterocycles. The molecule has 1 N–H and O–H groups in total. The number of benzene rings is 3. The van der Waals surface area contributed by atoms with Crippen LogP contribution in [0.25, 0.3) is 0 Å². The molecule has 1 aliphatic carbocycles. The summed E-state index contributed by atoms with van der Waals surface area (Å²) in [4.78, 5) is 29.5. The van der Waals surface area contributed by atoms with E-state index in [0.717, 1.165) is 42.4 Å². The Balaban J connectivity index is 1.63. The van der Waals surface area contributed by atoms with Crippen molar-refractivity contribution >= 4 is 35.0 Å². The van der Waals surface area contributed by atoms with Crippen molar-refractivity contribution < 1.29 is 19.1 Å². The van der Waals surface area contributed by atoms with Gasteiger partial charge < -0.3 is 19.7 Å². The average molecular weight is 584 g/mol. The molecule has 0 spiro atoms. The van der Waals surface area contributed by atoms with Gasteiger partial charge in [0, 0.05) is 35.5 Å². The summed E-state index contributed by atoms with van der Waals surface area (Å²) in [7, 11) is 3.17. The van der Waals surface area contributed by atoms with Crippen LogP contribution in [0.5, 0.6) is 11.5 Å². The zero-order valence-electron chi connectivity index (χ0n) is 23.0. The average Bonchev–Trinajstić information content (AvgIpc) is 3.48. The summed E-state index contributed by atoms with van der Waals surface area (Å²) in [6.45, 7) is 0.191. The van der Waals surface area contributed by atoms with E-state index < -0.39 is 6.04 Å². The van der Waals surface area contributed by atoms with E-state index in [4.69, 9.17) is 32.7 Å². The third-order valence-corrected chi connectivity index (χ3v) is 7.99. The van der Waals surface area contributed by atoms with Gasteiger partial charge >= 0.3 is 0 Å². The molecule has 40 heavy (non-hydrogen) atoms. The first-order valence-electron chi connectivity index (χ1n) is 13.7. The molecule has 1 atom stereocenters. The van der Waals surface area contributed by atoms with Crippen molar-refractivity contribution in [2.24, 2.45) is 0 Å². The molecule has 1 fully saturated rings. The van der Waals surface area contributed by atoms with Crippen molar-refractivity contribution in [3.63, 3.8) is 0 Å². The van der Waals surface area contributed by atoms with Crippen LogP contribution in [0, 0.1) is 0 Å². The first-order valence-corrected chi connectivity index (χ1v) is 14.4. The molecule has 2 amide bonds. The van der Waals surface area contributed by atoms with E-state index >= 15 is 0 Å². The number of nitrogens with zero attached hydrogens (tertiary/aromatic N) is 1. The van der Waals surface area contributed by atoms with Crippen LogP contribution in [0.1, 0.15) is 48.8 Å². The minimum Gasteiger partial charge on any atom is -0.493 e. The summed E-state index contributed by atoms with van der Waals surface area (Å²) in [6, 6.07) is 20.1. The first kappa shape index (κ1) is 29.8. The van der Waals surface area contributed by atoms with Crippen LogP contribution in [0.4, 0.5) is 0 Å².